The number of nitrogens with zero attached hydrogens (tertiary/aromatic N) is 4. The zero-order chi connectivity index (χ0) is 18.1. The summed E-state index contributed by atoms with van der Waals surface area (Å²) in [5.41, 5.74) is 1.40. The summed E-state index contributed by atoms with van der Waals surface area (Å²) in [6, 6.07) is 9.13. The second-order valence-electron chi connectivity index (χ2n) is 5.40. The van der Waals surface area contributed by atoms with Crippen molar-refractivity contribution in [2.75, 3.05) is 14.2 Å². The van der Waals surface area contributed by atoms with E-state index in [1.165, 1.54) is 15.9 Å². The van der Waals surface area contributed by atoms with Gasteiger partial charge in [-0.15, -0.1) is 5.10 Å². The molecule has 0 bridgehead atoms. The monoisotopic (exact) mass is 366 g/mol. The fourth-order valence-electron chi connectivity index (χ4n) is 2.55. The Labute approximate surface area is 152 Å². The number of rotatable bonds is 4. The van der Waals surface area contributed by atoms with Gasteiger partial charge in [-0.05, 0) is 35.9 Å². The summed E-state index contributed by atoms with van der Waals surface area (Å²) >= 11 is 1.29. The first-order valence-electron chi connectivity index (χ1n) is 7.73. The van der Waals surface area contributed by atoms with E-state index in [-0.39, 0.29) is 5.56 Å². The molecule has 3 heterocycles. The Hall–Kier alpha value is -3.26. The lowest BCUT2D eigenvalue weighted by Crippen LogP contribution is -2.23. The highest BCUT2D eigenvalue weighted by molar-refractivity contribution is 7.15. The number of hydrogen-bond acceptors (Lipinski definition) is 7. The Balaban J connectivity index is 1.78. The van der Waals surface area contributed by atoms with Gasteiger partial charge in [0.2, 0.25) is 4.96 Å². The first-order chi connectivity index (χ1) is 12.7. The van der Waals surface area contributed by atoms with E-state index in [0.29, 0.717) is 26.8 Å². The maximum absolute atomic E-state index is 12.6. The van der Waals surface area contributed by atoms with Crippen LogP contribution in [0.5, 0.6) is 11.5 Å². The summed E-state index contributed by atoms with van der Waals surface area (Å²) in [5, 5.41) is 4.30. The Morgan fingerprint density at radius 3 is 2.69 bits per heavy atom. The molecule has 3 aromatic heterocycles. The molecule has 130 valence electrons. The number of ether oxygens (including phenoxy) is 2. The van der Waals surface area contributed by atoms with E-state index in [0.717, 1.165) is 11.1 Å². The highest BCUT2D eigenvalue weighted by Crippen LogP contribution is 2.27. The van der Waals surface area contributed by atoms with Crippen molar-refractivity contribution in [3.8, 4) is 22.9 Å². The predicted molar refractivity (Wildman–Crippen MR) is 98.7 cm³/mol. The van der Waals surface area contributed by atoms with E-state index >= 15 is 0 Å². The molecule has 0 amide bonds. The number of benzene rings is 1. The van der Waals surface area contributed by atoms with E-state index in [1.807, 2.05) is 18.2 Å². The third-order valence-electron chi connectivity index (χ3n) is 3.81. The Bertz CT molecular complexity index is 1180. The standard InChI is InChI=1S/C18H14N4O3S/c1-24-13-6-5-11(8-14(13)25-2)9-15-17(23)22-18(26-15)20-16(21-22)12-4-3-7-19-10-12/h3-10H,1-2H3/b15-9-. The van der Waals surface area contributed by atoms with Gasteiger partial charge in [-0.3, -0.25) is 9.78 Å². The van der Waals surface area contributed by atoms with Gasteiger partial charge in [0.1, 0.15) is 0 Å². The van der Waals surface area contributed by atoms with Crippen LogP contribution < -0.4 is 19.6 Å². The third kappa shape index (κ3) is 2.80. The number of aromatic nitrogens is 4. The average molecular weight is 366 g/mol. The molecule has 8 heteroatoms. The first-order valence-corrected chi connectivity index (χ1v) is 8.55. The fourth-order valence-corrected chi connectivity index (χ4v) is 3.45. The van der Waals surface area contributed by atoms with Gasteiger partial charge in [0, 0.05) is 18.0 Å². The van der Waals surface area contributed by atoms with Crippen molar-refractivity contribution in [3.63, 3.8) is 0 Å². The molecule has 0 spiro atoms. The second kappa shape index (κ2) is 6.57. The van der Waals surface area contributed by atoms with Crippen LogP contribution in [0.15, 0.2) is 47.5 Å². The number of methoxy groups -OCH3 is 2. The molecule has 0 fully saturated rings. The van der Waals surface area contributed by atoms with Gasteiger partial charge in [-0.25, -0.2) is 0 Å². The molecule has 0 unspecified atom stereocenters. The lowest BCUT2D eigenvalue weighted by Gasteiger charge is -2.07. The molecular weight excluding hydrogens is 352 g/mol. The summed E-state index contributed by atoms with van der Waals surface area (Å²) in [5.74, 6) is 1.72. The topological polar surface area (TPSA) is 78.6 Å². The highest BCUT2D eigenvalue weighted by Gasteiger charge is 2.12. The van der Waals surface area contributed by atoms with Gasteiger partial charge < -0.3 is 9.47 Å². The minimum absolute atomic E-state index is 0.206. The third-order valence-corrected chi connectivity index (χ3v) is 4.77. The molecule has 0 saturated carbocycles. The van der Waals surface area contributed by atoms with Gasteiger partial charge in [0.15, 0.2) is 17.3 Å². The number of hydrogen-bond donors (Lipinski definition) is 0. The molecule has 7 nitrogen and oxygen atoms in total. The largest absolute Gasteiger partial charge is 0.493 e. The summed E-state index contributed by atoms with van der Waals surface area (Å²) in [6.45, 7) is 0. The van der Waals surface area contributed by atoms with E-state index in [1.54, 1.807) is 44.8 Å². The van der Waals surface area contributed by atoms with Crippen molar-refractivity contribution in [3.05, 3.63) is 63.2 Å². The van der Waals surface area contributed by atoms with Crippen LogP contribution in [0.1, 0.15) is 5.56 Å². The molecule has 0 aliphatic heterocycles. The quantitative estimate of drug-likeness (QED) is 0.548. The Morgan fingerprint density at radius 2 is 2.00 bits per heavy atom. The normalized spacial score (nSPS) is 11.8. The zero-order valence-corrected chi connectivity index (χ0v) is 14.9. The van der Waals surface area contributed by atoms with Crippen molar-refractivity contribution in [2.45, 2.75) is 0 Å². The predicted octanol–water partition coefficient (Wildman–Crippen LogP) is 1.78. The van der Waals surface area contributed by atoms with E-state index in [2.05, 4.69) is 15.1 Å². The number of pyridine rings is 1. The van der Waals surface area contributed by atoms with Crippen LogP contribution >= 0.6 is 11.3 Å². The summed E-state index contributed by atoms with van der Waals surface area (Å²) in [6.07, 6.45) is 5.13. The highest BCUT2D eigenvalue weighted by atomic mass is 32.1. The van der Waals surface area contributed by atoms with Crippen LogP contribution in [0.2, 0.25) is 0 Å². The maximum Gasteiger partial charge on any atom is 0.291 e. The minimum Gasteiger partial charge on any atom is -0.493 e. The smallest absolute Gasteiger partial charge is 0.291 e. The molecule has 4 rings (SSSR count). The summed E-state index contributed by atoms with van der Waals surface area (Å²) < 4.78 is 12.4. The van der Waals surface area contributed by atoms with Gasteiger partial charge in [0.25, 0.3) is 5.56 Å². The Kier molecular flexibility index (Phi) is 4.10. The molecule has 0 aliphatic carbocycles. The fraction of sp³-hybridized carbons (Fsp3) is 0.111. The second-order valence-corrected chi connectivity index (χ2v) is 6.41. The minimum atomic E-state index is -0.206. The molecule has 26 heavy (non-hydrogen) atoms. The number of thiazole rings is 1. The van der Waals surface area contributed by atoms with Gasteiger partial charge in [-0.1, -0.05) is 17.4 Å². The van der Waals surface area contributed by atoms with Crippen molar-refractivity contribution in [1.82, 2.24) is 19.6 Å². The lowest BCUT2D eigenvalue weighted by atomic mass is 10.2. The lowest BCUT2D eigenvalue weighted by molar-refractivity contribution is 0.355. The van der Waals surface area contributed by atoms with Gasteiger partial charge in [0.05, 0.1) is 18.8 Å². The SMILES string of the molecule is COc1ccc(/C=c2\sc3nc(-c4cccnc4)nn3c2=O)cc1OC. The summed E-state index contributed by atoms with van der Waals surface area (Å²) in [4.78, 5) is 21.6. The van der Waals surface area contributed by atoms with Crippen molar-refractivity contribution >= 4 is 22.4 Å². The number of fused-ring (bicyclic) bond motifs is 1. The van der Waals surface area contributed by atoms with Crippen molar-refractivity contribution < 1.29 is 9.47 Å². The maximum atomic E-state index is 12.6. The van der Waals surface area contributed by atoms with Crippen molar-refractivity contribution in [2.24, 2.45) is 0 Å². The molecule has 4 aromatic rings. The first kappa shape index (κ1) is 16.2. The van der Waals surface area contributed by atoms with Crippen LogP contribution in [0, 0.1) is 0 Å². The van der Waals surface area contributed by atoms with Crippen LogP contribution in [0.3, 0.4) is 0 Å². The van der Waals surface area contributed by atoms with Crippen LogP contribution in [-0.2, 0) is 0 Å². The zero-order valence-electron chi connectivity index (χ0n) is 14.0. The average Bonchev–Trinajstić information content (AvgIpc) is 3.22. The van der Waals surface area contributed by atoms with Gasteiger partial charge >= 0.3 is 0 Å². The van der Waals surface area contributed by atoms with Crippen LogP contribution in [0.25, 0.3) is 22.4 Å². The van der Waals surface area contributed by atoms with Crippen LogP contribution in [0.4, 0.5) is 0 Å². The molecule has 0 radical (unpaired) electrons. The van der Waals surface area contributed by atoms with Crippen LogP contribution in [-0.4, -0.2) is 33.8 Å². The molecule has 0 atom stereocenters. The van der Waals surface area contributed by atoms with E-state index in [9.17, 15) is 4.79 Å². The van der Waals surface area contributed by atoms with E-state index in [4.69, 9.17) is 9.47 Å². The summed E-state index contributed by atoms with van der Waals surface area (Å²) in [7, 11) is 3.15. The molecular formula is C18H14N4O3S. The van der Waals surface area contributed by atoms with Gasteiger partial charge in [-0.2, -0.15) is 9.50 Å². The van der Waals surface area contributed by atoms with E-state index < -0.39 is 0 Å². The van der Waals surface area contributed by atoms with Crippen molar-refractivity contribution in [1.29, 1.82) is 0 Å². The Morgan fingerprint density at radius 1 is 1.15 bits per heavy atom. The molecule has 0 saturated heterocycles. The molecule has 0 N–H and O–H groups in total. The molecule has 0 aliphatic rings. The molecule has 1 aromatic carbocycles.